The number of sulfone groups is 1. The number of halogens is 1. The van der Waals surface area contributed by atoms with E-state index in [1.807, 2.05) is 6.92 Å². The number of aliphatic imine (C=N–C) groups is 1. The van der Waals surface area contributed by atoms with Crippen molar-refractivity contribution in [2.45, 2.75) is 33.7 Å². The summed E-state index contributed by atoms with van der Waals surface area (Å²) < 4.78 is 27.1. The summed E-state index contributed by atoms with van der Waals surface area (Å²) in [5.41, 5.74) is 0. The predicted molar refractivity (Wildman–Crippen MR) is 99.4 cm³/mol. The van der Waals surface area contributed by atoms with Crippen molar-refractivity contribution in [2.75, 3.05) is 38.3 Å². The minimum atomic E-state index is -2.95. The van der Waals surface area contributed by atoms with Gasteiger partial charge >= 0.3 is 0 Å². The molecular formula is C13H30IN3O3S. The van der Waals surface area contributed by atoms with Crippen LogP contribution in [0.3, 0.4) is 0 Å². The highest BCUT2D eigenvalue weighted by molar-refractivity contribution is 14.0. The van der Waals surface area contributed by atoms with Gasteiger partial charge in [0.2, 0.25) is 0 Å². The Morgan fingerprint density at radius 1 is 1.24 bits per heavy atom. The Balaban J connectivity index is 0. The van der Waals surface area contributed by atoms with Gasteiger partial charge in [0, 0.05) is 18.8 Å². The van der Waals surface area contributed by atoms with Crippen molar-refractivity contribution < 1.29 is 13.2 Å². The molecule has 0 radical (unpaired) electrons. The topological polar surface area (TPSA) is 79.8 Å². The van der Waals surface area contributed by atoms with Crippen LogP contribution in [0.2, 0.25) is 0 Å². The van der Waals surface area contributed by atoms with Crippen LogP contribution < -0.4 is 10.6 Å². The molecule has 128 valence electrons. The zero-order chi connectivity index (χ0) is 15.6. The van der Waals surface area contributed by atoms with Crippen LogP contribution in [0.25, 0.3) is 0 Å². The molecule has 8 heteroatoms. The Bertz CT molecular complexity index is 386. The third-order valence-electron chi connectivity index (χ3n) is 2.81. The fraction of sp³-hybridized carbons (Fsp3) is 0.923. The summed E-state index contributed by atoms with van der Waals surface area (Å²) in [6.07, 6.45) is 1.20. The van der Waals surface area contributed by atoms with E-state index >= 15 is 0 Å². The summed E-state index contributed by atoms with van der Waals surface area (Å²) >= 11 is 0. The van der Waals surface area contributed by atoms with E-state index in [0.29, 0.717) is 25.1 Å². The van der Waals surface area contributed by atoms with E-state index in [-0.39, 0.29) is 36.3 Å². The molecule has 1 unspecified atom stereocenters. The zero-order valence-electron chi connectivity index (χ0n) is 13.7. The first-order valence-corrected chi connectivity index (χ1v) is 9.12. The van der Waals surface area contributed by atoms with E-state index in [1.165, 1.54) is 6.26 Å². The first kappa shape index (κ1) is 23.2. The largest absolute Gasteiger partial charge is 0.378 e. The fourth-order valence-electron chi connectivity index (χ4n) is 1.24. The summed E-state index contributed by atoms with van der Waals surface area (Å²) in [5.74, 6) is 1.34. The molecule has 0 rings (SSSR count). The standard InChI is InChI=1S/C13H29N3O3S.HI/c1-6-14-13(16-12(4)11(2)3)15-7-8-19-9-10-20(5,17)18;/h11-12H,6-10H2,1-5H3,(H2,14,15,16);1H. The molecule has 0 saturated carbocycles. The van der Waals surface area contributed by atoms with Gasteiger partial charge in [0.1, 0.15) is 9.84 Å². The Kier molecular flexibility index (Phi) is 13.7. The second-order valence-corrected chi connectivity index (χ2v) is 7.44. The molecule has 0 fully saturated rings. The third kappa shape index (κ3) is 14.6. The molecule has 0 aromatic heterocycles. The van der Waals surface area contributed by atoms with E-state index in [2.05, 4.69) is 36.4 Å². The van der Waals surface area contributed by atoms with Gasteiger partial charge in [-0.05, 0) is 19.8 Å². The Labute approximate surface area is 146 Å². The fourth-order valence-corrected chi connectivity index (χ4v) is 1.66. The lowest BCUT2D eigenvalue weighted by molar-refractivity contribution is 0.157. The lowest BCUT2D eigenvalue weighted by atomic mass is 10.1. The number of ether oxygens (including phenoxy) is 1. The number of guanidine groups is 1. The van der Waals surface area contributed by atoms with E-state index < -0.39 is 9.84 Å². The SMILES string of the molecule is CCNC(=NCCOCCS(C)(=O)=O)NC(C)C(C)C.I. The van der Waals surface area contributed by atoms with Crippen LogP contribution in [0.15, 0.2) is 4.99 Å². The van der Waals surface area contributed by atoms with Gasteiger partial charge in [0.05, 0.1) is 25.5 Å². The summed E-state index contributed by atoms with van der Waals surface area (Å²) in [4.78, 5) is 4.39. The first-order chi connectivity index (χ1) is 9.26. The van der Waals surface area contributed by atoms with Crippen LogP contribution in [0.4, 0.5) is 0 Å². The molecule has 21 heavy (non-hydrogen) atoms. The third-order valence-corrected chi connectivity index (χ3v) is 3.72. The van der Waals surface area contributed by atoms with Gasteiger partial charge in [0.15, 0.2) is 5.96 Å². The first-order valence-electron chi connectivity index (χ1n) is 7.06. The van der Waals surface area contributed by atoms with E-state index in [0.717, 1.165) is 12.5 Å². The number of hydrogen-bond acceptors (Lipinski definition) is 4. The molecule has 0 aliphatic carbocycles. The smallest absolute Gasteiger partial charge is 0.191 e. The number of nitrogens with zero attached hydrogens (tertiary/aromatic N) is 1. The molecular weight excluding hydrogens is 405 g/mol. The average molecular weight is 435 g/mol. The second-order valence-electron chi connectivity index (χ2n) is 5.18. The van der Waals surface area contributed by atoms with Gasteiger partial charge in [-0.15, -0.1) is 24.0 Å². The molecule has 0 saturated heterocycles. The van der Waals surface area contributed by atoms with Gasteiger partial charge < -0.3 is 15.4 Å². The van der Waals surface area contributed by atoms with Crippen molar-refractivity contribution in [3.8, 4) is 0 Å². The van der Waals surface area contributed by atoms with Crippen molar-refractivity contribution in [1.82, 2.24) is 10.6 Å². The molecule has 0 aliphatic heterocycles. The van der Waals surface area contributed by atoms with Crippen molar-refractivity contribution in [2.24, 2.45) is 10.9 Å². The maximum atomic E-state index is 10.9. The molecule has 0 spiro atoms. The van der Waals surface area contributed by atoms with Gasteiger partial charge in [-0.2, -0.15) is 0 Å². The van der Waals surface area contributed by atoms with Crippen LogP contribution in [0.1, 0.15) is 27.7 Å². The highest BCUT2D eigenvalue weighted by atomic mass is 127. The van der Waals surface area contributed by atoms with Gasteiger partial charge in [-0.1, -0.05) is 13.8 Å². The molecule has 6 nitrogen and oxygen atoms in total. The van der Waals surface area contributed by atoms with Crippen molar-refractivity contribution in [1.29, 1.82) is 0 Å². The number of rotatable bonds is 9. The number of nitrogens with one attached hydrogen (secondary N) is 2. The van der Waals surface area contributed by atoms with E-state index in [4.69, 9.17) is 4.74 Å². The van der Waals surface area contributed by atoms with Crippen LogP contribution in [-0.4, -0.2) is 58.7 Å². The highest BCUT2D eigenvalue weighted by Crippen LogP contribution is 1.99. The normalized spacial score (nSPS) is 13.7. The van der Waals surface area contributed by atoms with E-state index in [9.17, 15) is 8.42 Å². The molecule has 0 aliphatic rings. The Morgan fingerprint density at radius 2 is 1.86 bits per heavy atom. The van der Waals surface area contributed by atoms with Crippen LogP contribution in [-0.2, 0) is 14.6 Å². The molecule has 0 aromatic carbocycles. The van der Waals surface area contributed by atoms with E-state index in [1.54, 1.807) is 0 Å². The second kappa shape index (κ2) is 12.5. The summed E-state index contributed by atoms with van der Waals surface area (Å²) in [6.45, 7) is 10.4. The molecule has 0 amide bonds. The van der Waals surface area contributed by atoms with Crippen molar-refractivity contribution in [3.63, 3.8) is 0 Å². The van der Waals surface area contributed by atoms with Gasteiger partial charge in [-0.3, -0.25) is 4.99 Å². The Hall–Kier alpha value is -0.0900. The molecule has 2 N–H and O–H groups in total. The predicted octanol–water partition coefficient (Wildman–Crippen LogP) is 1.27. The highest BCUT2D eigenvalue weighted by Gasteiger charge is 2.08. The van der Waals surface area contributed by atoms with Crippen LogP contribution in [0, 0.1) is 5.92 Å². The molecule has 0 heterocycles. The quantitative estimate of drug-likeness (QED) is 0.247. The maximum absolute atomic E-state index is 10.9. The lowest BCUT2D eigenvalue weighted by Crippen LogP contribution is -2.44. The van der Waals surface area contributed by atoms with Crippen LogP contribution >= 0.6 is 24.0 Å². The molecule has 1 atom stereocenters. The van der Waals surface area contributed by atoms with Gasteiger partial charge in [-0.25, -0.2) is 8.42 Å². The number of hydrogen-bond donors (Lipinski definition) is 2. The summed E-state index contributed by atoms with van der Waals surface area (Å²) in [7, 11) is -2.95. The maximum Gasteiger partial charge on any atom is 0.191 e. The summed E-state index contributed by atoms with van der Waals surface area (Å²) in [5, 5.41) is 6.49. The lowest BCUT2D eigenvalue weighted by Gasteiger charge is -2.20. The van der Waals surface area contributed by atoms with Crippen LogP contribution in [0.5, 0.6) is 0 Å². The van der Waals surface area contributed by atoms with Crippen molar-refractivity contribution in [3.05, 3.63) is 0 Å². The Morgan fingerprint density at radius 3 is 2.33 bits per heavy atom. The minimum absolute atomic E-state index is 0. The minimum Gasteiger partial charge on any atom is -0.378 e. The van der Waals surface area contributed by atoms with Gasteiger partial charge in [0.25, 0.3) is 0 Å². The monoisotopic (exact) mass is 435 g/mol. The van der Waals surface area contributed by atoms with Crippen molar-refractivity contribution >= 4 is 39.8 Å². The zero-order valence-corrected chi connectivity index (χ0v) is 16.8. The average Bonchev–Trinajstić information content (AvgIpc) is 2.32. The molecule has 0 bridgehead atoms. The summed E-state index contributed by atoms with van der Waals surface area (Å²) in [6, 6.07) is 0.332. The molecule has 0 aromatic rings.